The van der Waals surface area contributed by atoms with Crippen LogP contribution in [0.15, 0.2) is 24.3 Å². The predicted octanol–water partition coefficient (Wildman–Crippen LogP) is 2.35. The predicted molar refractivity (Wildman–Crippen MR) is 83.7 cm³/mol. The van der Waals surface area contributed by atoms with E-state index in [0.717, 1.165) is 44.7 Å². The van der Waals surface area contributed by atoms with E-state index in [1.165, 1.54) is 5.69 Å². The van der Waals surface area contributed by atoms with Gasteiger partial charge >= 0.3 is 0 Å². The molecule has 0 aromatic heterocycles. The van der Waals surface area contributed by atoms with Gasteiger partial charge in [-0.25, -0.2) is 0 Å². The van der Waals surface area contributed by atoms with Gasteiger partial charge in [-0.2, -0.15) is 0 Å². The zero-order valence-corrected chi connectivity index (χ0v) is 12.5. The van der Waals surface area contributed by atoms with Crippen molar-refractivity contribution in [3.63, 3.8) is 0 Å². The lowest BCUT2D eigenvalue weighted by atomic mass is 9.95. The summed E-state index contributed by atoms with van der Waals surface area (Å²) >= 11 is 0. The highest BCUT2D eigenvalue weighted by Crippen LogP contribution is 2.25. The molecule has 110 valence electrons. The summed E-state index contributed by atoms with van der Waals surface area (Å²) in [5.41, 5.74) is 7.71. The first-order chi connectivity index (χ1) is 9.65. The molecule has 4 heteroatoms. The van der Waals surface area contributed by atoms with Crippen molar-refractivity contribution in [2.45, 2.75) is 26.7 Å². The van der Waals surface area contributed by atoms with Gasteiger partial charge in [0.25, 0.3) is 0 Å². The third-order valence-electron chi connectivity index (χ3n) is 4.18. The number of amides is 1. The van der Waals surface area contributed by atoms with Crippen LogP contribution in [0.5, 0.6) is 0 Å². The van der Waals surface area contributed by atoms with Crippen LogP contribution >= 0.6 is 0 Å². The summed E-state index contributed by atoms with van der Waals surface area (Å²) in [7, 11) is 0. The van der Waals surface area contributed by atoms with Gasteiger partial charge in [0.15, 0.2) is 0 Å². The summed E-state index contributed by atoms with van der Waals surface area (Å²) < 4.78 is 0. The Hall–Kier alpha value is -1.71. The quantitative estimate of drug-likeness (QED) is 0.858. The molecule has 0 radical (unpaired) electrons. The fourth-order valence-corrected chi connectivity index (χ4v) is 2.86. The lowest BCUT2D eigenvalue weighted by Gasteiger charge is -2.35. The molecular formula is C16H25N3O. The molecule has 0 spiro atoms. The first kappa shape index (κ1) is 14.7. The van der Waals surface area contributed by atoms with Crippen molar-refractivity contribution in [1.29, 1.82) is 0 Å². The number of nitrogen functional groups attached to an aromatic ring is 1. The summed E-state index contributed by atoms with van der Waals surface area (Å²) in [4.78, 5) is 16.6. The van der Waals surface area contributed by atoms with Crippen molar-refractivity contribution in [3.05, 3.63) is 24.3 Å². The minimum atomic E-state index is 0.194. The van der Waals surface area contributed by atoms with Gasteiger partial charge in [-0.15, -0.1) is 0 Å². The van der Waals surface area contributed by atoms with Crippen molar-refractivity contribution in [2.24, 2.45) is 5.92 Å². The number of nitrogens with zero attached hydrogens (tertiary/aromatic N) is 2. The molecule has 1 heterocycles. The molecule has 0 bridgehead atoms. The van der Waals surface area contributed by atoms with E-state index in [2.05, 4.69) is 17.0 Å². The maximum atomic E-state index is 12.3. The Labute approximate surface area is 121 Å². The Morgan fingerprint density at radius 2 is 1.75 bits per heavy atom. The van der Waals surface area contributed by atoms with Crippen molar-refractivity contribution >= 4 is 17.3 Å². The van der Waals surface area contributed by atoms with Gasteiger partial charge in [0, 0.05) is 43.5 Å². The van der Waals surface area contributed by atoms with Crippen LogP contribution in [0.3, 0.4) is 0 Å². The van der Waals surface area contributed by atoms with E-state index in [1.54, 1.807) is 0 Å². The zero-order valence-electron chi connectivity index (χ0n) is 12.5. The second-order valence-electron chi connectivity index (χ2n) is 5.36. The van der Waals surface area contributed by atoms with Crippen LogP contribution in [0.25, 0.3) is 0 Å². The molecule has 1 aromatic carbocycles. The van der Waals surface area contributed by atoms with Crippen LogP contribution in [0.2, 0.25) is 0 Å². The molecule has 1 aliphatic heterocycles. The molecule has 1 aromatic rings. The highest BCUT2D eigenvalue weighted by Gasteiger charge is 2.27. The maximum Gasteiger partial charge on any atom is 0.225 e. The second-order valence-corrected chi connectivity index (χ2v) is 5.36. The summed E-state index contributed by atoms with van der Waals surface area (Å²) in [6, 6.07) is 7.98. The average Bonchev–Trinajstić information content (AvgIpc) is 2.49. The van der Waals surface area contributed by atoms with Crippen LogP contribution < -0.4 is 10.6 Å². The molecule has 2 N–H and O–H groups in total. The van der Waals surface area contributed by atoms with Crippen molar-refractivity contribution in [1.82, 2.24) is 4.90 Å². The topological polar surface area (TPSA) is 49.6 Å². The van der Waals surface area contributed by atoms with Crippen molar-refractivity contribution in [2.75, 3.05) is 36.8 Å². The van der Waals surface area contributed by atoms with Crippen LogP contribution in [0.1, 0.15) is 26.7 Å². The third kappa shape index (κ3) is 3.24. The monoisotopic (exact) mass is 275 g/mol. The molecule has 0 aliphatic carbocycles. The molecule has 1 saturated heterocycles. The Balaban J connectivity index is 1.92. The number of carbonyl (C=O) groups excluding carboxylic acids is 1. The van der Waals surface area contributed by atoms with Crippen LogP contribution in [0, 0.1) is 5.92 Å². The Morgan fingerprint density at radius 3 is 2.25 bits per heavy atom. The molecule has 1 aliphatic rings. The highest BCUT2D eigenvalue weighted by atomic mass is 16.2. The van der Waals surface area contributed by atoms with Crippen molar-refractivity contribution in [3.8, 4) is 0 Å². The van der Waals surface area contributed by atoms with Crippen LogP contribution in [-0.2, 0) is 4.79 Å². The lowest BCUT2D eigenvalue weighted by molar-refractivity contribution is -0.135. The minimum absolute atomic E-state index is 0.194. The molecule has 1 fully saturated rings. The van der Waals surface area contributed by atoms with Gasteiger partial charge in [-0.1, -0.05) is 0 Å². The highest BCUT2D eigenvalue weighted by molar-refractivity contribution is 5.79. The fourth-order valence-electron chi connectivity index (χ4n) is 2.86. The number of anilines is 2. The molecule has 20 heavy (non-hydrogen) atoms. The van der Waals surface area contributed by atoms with E-state index >= 15 is 0 Å². The molecule has 0 unspecified atom stereocenters. The van der Waals surface area contributed by atoms with E-state index in [1.807, 2.05) is 30.9 Å². The summed E-state index contributed by atoms with van der Waals surface area (Å²) in [6.07, 6.45) is 1.89. The minimum Gasteiger partial charge on any atom is -0.399 e. The van der Waals surface area contributed by atoms with Gasteiger partial charge < -0.3 is 15.5 Å². The Morgan fingerprint density at radius 1 is 1.20 bits per heavy atom. The molecule has 0 saturated carbocycles. The first-order valence-corrected chi connectivity index (χ1v) is 7.55. The normalized spacial score (nSPS) is 16.2. The van der Waals surface area contributed by atoms with Gasteiger partial charge in [0.05, 0.1) is 0 Å². The second kappa shape index (κ2) is 6.64. The number of carbonyl (C=O) groups is 1. The SMILES string of the molecule is CCN(CC)C(=O)C1CCN(c2ccc(N)cc2)CC1. The Bertz CT molecular complexity index is 432. The first-order valence-electron chi connectivity index (χ1n) is 7.55. The van der Waals surface area contributed by atoms with Gasteiger partial charge in [0.1, 0.15) is 0 Å². The zero-order chi connectivity index (χ0) is 14.5. The summed E-state index contributed by atoms with van der Waals surface area (Å²) in [5.74, 6) is 0.520. The van der Waals surface area contributed by atoms with Gasteiger partial charge in [-0.05, 0) is 51.0 Å². The summed E-state index contributed by atoms with van der Waals surface area (Å²) in [5, 5.41) is 0. The lowest BCUT2D eigenvalue weighted by Crippen LogP contribution is -2.42. The number of nitrogens with two attached hydrogens (primary N) is 1. The molecule has 4 nitrogen and oxygen atoms in total. The van der Waals surface area contributed by atoms with Crippen molar-refractivity contribution < 1.29 is 4.79 Å². The Kier molecular flexibility index (Phi) is 4.88. The average molecular weight is 275 g/mol. The maximum absolute atomic E-state index is 12.3. The van der Waals surface area contributed by atoms with E-state index in [-0.39, 0.29) is 5.92 Å². The number of hydrogen-bond donors (Lipinski definition) is 1. The molecular weight excluding hydrogens is 250 g/mol. The van der Waals surface area contributed by atoms with Gasteiger partial charge in [-0.3, -0.25) is 4.79 Å². The van der Waals surface area contributed by atoms with E-state index in [4.69, 9.17) is 5.73 Å². The van der Waals surface area contributed by atoms with Gasteiger partial charge in [0.2, 0.25) is 5.91 Å². The third-order valence-corrected chi connectivity index (χ3v) is 4.18. The molecule has 0 atom stereocenters. The van der Waals surface area contributed by atoms with Crippen LogP contribution in [-0.4, -0.2) is 37.0 Å². The fraction of sp³-hybridized carbons (Fsp3) is 0.562. The number of rotatable bonds is 4. The molecule has 1 amide bonds. The number of hydrogen-bond acceptors (Lipinski definition) is 3. The number of benzene rings is 1. The van der Waals surface area contributed by atoms with E-state index in [9.17, 15) is 4.79 Å². The standard InChI is InChI=1S/C16H25N3O/c1-3-18(4-2)16(20)13-9-11-19(12-10-13)15-7-5-14(17)6-8-15/h5-8,13H,3-4,9-12,17H2,1-2H3. The molecule has 2 rings (SSSR count). The smallest absolute Gasteiger partial charge is 0.225 e. The summed E-state index contributed by atoms with van der Waals surface area (Å²) in [6.45, 7) is 7.61. The van der Waals surface area contributed by atoms with Crippen LogP contribution in [0.4, 0.5) is 11.4 Å². The van der Waals surface area contributed by atoms with E-state index in [0.29, 0.717) is 5.91 Å². The van der Waals surface area contributed by atoms with E-state index < -0.39 is 0 Å². The largest absolute Gasteiger partial charge is 0.399 e. The number of piperidine rings is 1.